The van der Waals surface area contributed by atoms with E-state index in [-0.39, 0.29) is 12.1 Å². The number of fused-ring (bicyclic) bond motifs is 1. The normalized spacial score (nSPS) is 18.6. The molecule has 1 fully saturated rings. The van der Waals surface area contributed by atoms with Gasteiger partial charge in [0.25, 0.3) is 0 Å². The monoisotopic (exact) mass is 313 g/mol. The van der Waals surface area contributed by atoms with Gasteiger partial charge in [0.05, 0.1) is 17.8 Å². The first kappa shape index (κ1) is 16.2. The predicted molar refractivity (Wildman–Crippen MR) is 96.2 cm³/mol. The summed E-state index contributed by atoms with van der Waals surface area (Å²) in [6, 6.07) is 8.42. The highest BCUT2D eigenvalue weighted by molar-refractivity contribution is 5.94. The minimum Gasteiger partial charge on any atom is -0.395 e. The Balaban J connectivity index is 2.03. The average Bonchev–Trinajstić information content (AvgIpc) is 2.50. The number of aryl methyl sites for hydroxylation is 1. The molecule has 4 nitrogen and oxygen atoms in total. The Morgan fingerprint density at radius 1 is 1.17 bits per heavy atom. The third-order valence-electron chi connectivity index (χ3n) is 5.11. The molecule has 2 heterocycles. The Morgan fingerprint density at radius 3 is 2.61 bits per heavy atom. The minimum atomic E-state index is 0.0473. The Kier molecular flexibility index (Phi) is 4.30. The van der Waals surface area contributed by atoms with Gasteiger partial charge >= 0.3 is 0 Å². The number of aromatic nitrogens is 1. The molecule has 1 aliphatic rings. The summed E-state index contributed by atoms with van der Waals surface area (Å²) in [5, 5.41) is 10.5. The maximum absolute atomic E-state index is 9.29. The van der Waals surface area contributed by atoms with Gasteiger partial charge in [-0.3, -0.25) is 9.88 Å². The van der Waals surface area contributed by atoms with Gasteiger partial charge in [-0.05, 0) is 39.3 Å². The van der Waals surface area contributed by atoms with Gasteiger partial charge < -0.3 is 10.0 Å². The van der Waals surface area contributed by atoms with Crippen molar-refractivity contribution in [3.05, 3.63) is 35.5 Å². The molecule has 1 N–H and O–H groups in total. The third kappa shape index (κ3) is 2.93. The number of hydrogen-bond donors (Lipinski definition) is 1. The molecule has 4 heteroatoms. The molecule has 0 amide bonds. The van der Waals surface area contributed by atoms with Crippen LogP contribution in [0.15, 0.2) is 24.3 Å². The van der Waals surface area contributed by atoms with Gasteiger partial charge in [-0.1, -0.05) is 18.2 Å². The first-order valence-corrected chi connectivity index (χ1v) is 8.41. The van der Waals surface area contributed by atoms with Crippen molar-refractivity contribution < 1.29 is 5.11 Å². The maximum Gasteiger partial charge on any atom is 0.0726 e. The highest BCUT2D eigenvalue weighted by Crippen LogP contribution is 2.34. The van der Waals surface area contributed by atoms with Crippen molar-refractivity contribution in [2.75, 3.05) is 37.7 Å². The number of aliphatic hydroxyl groups is 1. The molecule has 1 aromatic heterocycles. The van der Waals surface area contributed by atoms with E-state index < -0.39 is 0 Å². The fourth-order valence-electron chi connectivity index (χ4n) is 3.73. The van der Waals surface area contributed by atoms with Crippen molar-refractivity contribution in [2.24, 2.45) is 0 Å². The van der Waals surface area contributed by atoms with Crippen molar-refractivity contribution in [3.8, 4) is 0 Å². The number of pyridine rings is 1. The van der Waals surface area contributed by atoms with Crippen molar-refractivity contribution >= 4 is 16.6 Å². The summed E-state index contributed by atoms with van der Waals surface area (Å²) in [6.45, 7) is 12.7. The number of anilines is 1. The van der Waals surface area contributed by atoms with Crippen LogP contribution in [0.3, 0.4) is 0 Å². The maximum atomic E-state index is 9.29. The molecule has 0 bridgehead atoms. The van der Waals surface area contributed by atoms with Crippen LogP contribution in [0.1, 0.15) is 25.1 Å². The molecule has 1 aromatic carbocycles. The van der Waals surface area contributed by atoms with E-state index in [0.717, 1.165) is 37.4 Å². The van der Waals surface area contributed by atoms with Gasteiger partial charge in [-0.25, -0.2) is 0 Å². The number of hydrogen-bond acceptors (Lipinski definition) is 4. The van der Waals surface area contributed by atoms with Gasteiger partial charge in [0.1, 0.15) is 0 Å². The number of nitrogens with zero attached hydrogens (tertiary/aromatic N) is 3. The molecule has 0 aliphatic carbocycles. The molecular weight excluding hydrogens is 286 g/mol. The van der Waals surface area contributed by atoms with Crippen LogP contribution in [-0.4, -0.2) is 53.3 Å². The lowest BCUT2D eigenvalue weighted by Crippen LogP contribution is -2.60. The summed E-state index contributed by atoms with van der Waals surface area (Å²) in [5.74, 6) is 0. The van der Waals surface area contributed by atoms with Gasteiger partial charge in [0, 0.05) is 42.8 Å². The quantitative estimate of drug-likeness (QED) is 0.946. The van der Waals surface area contributed by atoms with Crippen LogP contribution in [0.5, 0.6) is 0 Å². The van der Waals surface area contributed by atoms with Crippen LogP contribution >= 0.6 is 0 Å². The Hall–Kier alpha value is -1.65. The second kappa shape index (κ2) is 6.10. The van der Waals surface area contributed by atoms with E-state index in [1.165, 1.54) is 16.6 Å². The van der Waals surface area contributed by atoms with Crippen LogP contribution in [0.25, 0.3) is 10.9 Å². The second-order valence-corrected chi connectivity index (χ2v) is 7.13. The van der Waals surface area contributed by atoms with Crippen LogP contribution in [-0.2, 0) is 0 Å². The number of rotatable bonds is 3. The zero-order chi connectivity index (χ0) is 16.6. The Morgan fingerprint density at radius 2 is 1.91 bits per heavy atom. The zero-order valence-electron chi connectivity index (χ0n) is 14.6. The third-order valence-corrected chi connectivity index (χ3v) is 5.11. The number of aliphatic hydroxyl groups excluding tert-OH is 1. The Labute approximate surface area is 138 Å². The summed E-state index contributed by atoms with van der Waals surface area (Å²) >= 11 is 0. The molecule has 124 valence electrons. The smallest absolute Gasteiger partial charge is 0.0726 e. The van der Waals surface area contributed by atoms with Crippen LogP contribution in [0.2, 0.25) is 0 Å². The van der Waals surface area contributed by atoms with E-state index in [1.807, 2.05) is 0 Å². The molecule has 0 radical (unpaired) electrons. The van der Waals surface area contributed by atoms with E-state index in [2.05, 4.69) is 61.8 Å². The van der Waals surface area contributed by atoms with E-state index >= 15 is 0 Å². The topological polar surface area (TPSA) is 39.6 Å². The minimum absolute atomic E-state index is 0.0473. The van der Waals surface area contributed by atoms with Crippen LogP contribution in [0, 0.1) is 13.8 Å². The first-order chi connectivity index (χ1) is 10.9. The van der Waals surface area contributed by atoms with Crippen molar-refractivity contribution in [1.29, 1.82) is 0 Å². The van der Waals surface area contributed by atoms with Gasteiger partial charge in [-0.2, -0.15) is 0 Å². The molecular formula is C19H27N3O. The molecule has 0 saturated carbocycles. The zero-order valence-corrected chi connectivity index (χ0v) is 14.6. The molecule has 1 aliphatic heterocycles. The molecule has 23 heavy (non-hydrogen) atoms. The van der Waals surface area contributed by atoms with E-state index in [4.69, 9.17) is 4.98 Å². The fourth-order valence-corrected chi connectivity index (χ4v) is 3.73. The molecule has 3 rings (SSSR count). The van der Waals surface area contributed by atoms with Crippen LogP contribution < -0.4 is 4.90 Å². The summed E-state index contributed by atoms with van der Waals surface area (Å²) in [4.78, 5) is 9.63. The van der Waals surface area contributed by atoms with E-state index in [0.29, 0.717) is 0 Å². The number of piperazine rings is 1. The van der Waals surface area contributed by atoms with Crippen molar-refractivity contribution in [2.45, 2.75) is 33.2 Å². The average molecular weight is 313 g/mol. The number of benzene rings is 1. The van der Waals surface area contributed by atoms with E-state index in [1.54, 1.807) is 0 Å². The van der Waals surface area contributed by atoms with Gasteiger partial charge in [0.15, 0.2) is 0 Å². The summed E-state index contributed by atoms with van der Waals surface area (Å²) in [5.41, 5.74) is 4.82. The standard InChI is InChI=1S/C19H27N3O/c1-14-15(2)20-17-8-6-5-7-16(17)18(14)21-9-10-22(11-12-23)19(3,4)13-21/h5-8,23H,9-13H2,1-4H3. The predicted octanol–water partition coefficient (Wildman–Crippen LogP) is 2.74. The largest absolute Gasteiger partial charge is 0.395 e. The lowest BCUT2D eigenvalue weighted by atomic mass is 9.96. The molecule has 1 saturated heterocycles. The lowest BCUT2D eigenvalue weighted by molar-refractivity contribution is 0.0813. The molecule has 0 unspecified atom stereocenters. The van der Waals surface area contributed by atoms with Crippen molar-refractivity contribution in [1.82, 2.24) is 9.88 Å². The van der Waals surface area contributed by atoms with Gasteiger partial charge in [0.2, 0.25) is 0 Å². The molecule has 0 atom stereocenters. The number of β-amino-alcohol motifs (C(OH)–C–C–N with tert-alkyl or cyclic N) is 1. The molecule has 2 aromatic rings. The Bertz CT molecular complexity index is 711. The molecule has 0 spiro atoms. The first-order valence-electron chi connectivity index (χ1n) is 8.41. The van der Waals surface area contributed by atoms with Crippen LogP contribution in [0.4, 0.5) is 5.69 Å². The fraction of sp³-hybridized carbons (Fsp3) is 0.526. The van der Waals surface area contributed by atoms with Gasteiger partial charge in [-0.15, -0.1) is 0 Å². The summed E-state index contributed by atoms with van der Waals surface area (Å²) in [7, 11) is 0. The lowest BCUT2D eigenvalue weighted by Gasteiger charge is -2.48. The summed E-state index contributed by atoms with van der Waals surface area (Å²) < 4.78 is 0. The summed E-state index contributed by atoms with van der Waals surface area (Å²) in [6.07, 6.45) is 0. The second-order valence-electron chi connectivity index (χ2n) is 7.13. The highest BCUT2D eigenvalue weighted by atomic mass is 16.3. The highest BCUT2D eigenvalue weighted by Gasteiger charge is 2.34. The van der Waals surface area contributed by atoms with Crippen molar-refractivity contribution in [3.63, 3.8) is 0 Å². The number of para-hydroxylation sites is 1. The SMILES string of the molecule is Cc1nc2ccccc2c(N2CCN(CCO)C(C)(C)C2)c1C. The van der Waals surface area contributed by atoms with E-state index in [9.17, 15) is 5.11 Å².